The van der Waals surface area contributed by atoms with Gasteiger partial charge in [-0.05, 0) is 11.3 Å². The van der Waals surface area contributed by atoms with Crippen LogP contribution in [0.5, 0.6) is 0 Å². The van der Waals surface area contributed by atoms with Crippen molar-refractivity contribution in [2.24, 2.45) is 5.41 Å². The van der Waals surface area contributed by atoms with E-state index in [1.807, 2.05) is 0 Å². The molecule has 1 aliphatic rings. The average molecular weight is 442 g/mol. The molecule has 1 aliphatic carbocycles. The van der Waals surface area contributed by atoms with Crippen LogP contribution in [-0.2, 0) is 21.7 Å². The second kappa shape index (κ2) is 12.1. The molecule has 0 nitrogen and oxygen atoms in total. The van der Waals surface area contributed by atoms with E-state index in [0.717, 1.165) is 6.42 Å². The van der Waals surface area contributed by atoms with Crippen LogP contribution in [0.25, 0.3) is 0 Å². The van der Waals surface area contributed by atoms with E-state index >= 15 is 0 Å². The smallest absolute Gasteiger partial charge is 1.00 e. The van der Waals surface area contributed by atoms with E-state index in [2.05, 4.69) is 93.6 Å². The average Bonchev–Trinajstić information content (AvgIpc) is 2.99. The van der Waals surface area contributed by atoms with Crippen LogP contribution in [0.3, 0.4) is 0 Å². The van der Waals surface area contributed by atoms with E-state index < -0.39 is 0 Å². The molecular weight excluding hydrogens is 418 g/mol. The van der Waals surface area contributed by atoms with Gasteiger partial charge in [0.15, 0.2) is 0 Å². The maximum Gasteiger partial charge on any atom is 4.00 e. The maximum atomic E-state index is 3.52. The third-order valence-electron chi connectivity index (χ3n) is 4.25. The summed E-state index contributed by atoms with van der Waals surface area (Å²) in [4.78, 5) is 0. The van der Waals surface area contributed by atoms with Gasteiger partial charge in [-0.15, -0.1) is 0 Å². The first kappa shape index (κ1) is 27.7. The van der Waals surface area contributed by atoms with Gasteiger partial charge < -0.3 is 37.2 Å². The number of allylic oxidation sites excluding steroid dienone is 4. The third-order valence-corrected chi connectivity index (χ3v) is 4.25. The van der Waals surface area contributed by atoms with E-state index in [-0.39, 0.29) is 64.4 Å². The molecule has 0 saturated heterocycles. The molecule has 0 aromatic heterocycles. The van der Waals surface area contributed by atoms with Crippen molar-refractivity contribution in [3.8, 4) is 0 Å². The maximum absolute atomic E-state index is 3.52. The monoisotopic (exact) mass is 440 g/mol. The molecule has 0 atom stereocenters. The van der Waals surface area contributed by atoms with Crippen molar-refractivity contribution < 1.29 is 58.9 Å². The molecule has 0 heterocycles. The largest absolute Gasteiger partial charge is 4.00 e. The van der Waals surface area contributed by atoms with Gasteiger partial charge in [0.05, 0.1) is 0 Å². The van der Waals surface area contributed by atoms with Crippen molar-refractivity contribution in [2.75, 3.05) is 0 Å². The summed E-state index contributed by atoms with van der Waals surface area (Å²) in [6.07, 6.45) is 6.71. The van der Waals surface area contributed by atoms with Crippen LogP contribution in [0, 0.1) is 11.5 Å². The summed E-state index contributed by atoms with van der Waals surface area (Å²) in [5.74, 6) is 0.322. The number of hydrogen-bond donors (Lipinski definition) is 0. The van der Waals surface area contributed by atoms with Crippen molar-refractivity contribution in [3.05, 3.63) is 95.1 Å². The normalized spacial score (nSPS) is 12.6. The van der Waals surface area contributed by atoms with E-state index in [9.17, 15) is 0 Å². The van der Waals surface area contributed by atoms with Crippen LogP contribution in [0.1, 0.15) is 44.2 Å². The van der Waals surface area contributed by atoms with Gasteiger partial charge in [-0.3, -0.25) is 6.08 Å². The Hall–Kier alpha value is -0.496. The van der Waals surface area contributed by atoms with Crippen LogP contribution in [0.2, 0.25) is 0 Å². The molecule has 4 heteroatoms. The Morgan fingerprint density at radius 3 is 1.58 bits per heavy atom. The predicted molar refractivity (Wildman–Crippen MR) is 93.6 cm³/mol. The van der Waals surface area contributed by atoms with Crippen LogP contribution in [-0.4, -0.2) is 0 Å². The number of halogens is 3. The molecule has 0 fully saturated rings. The van der Waals surface area contributed by atoms with Gasteiger partial charge in [-0.2, -0.15) is 11.6 Å². The summed E-state index contributed by atoms with van der Waals surface area (Å²) in [5.41, 5.74) is 5.71. The Morgan fingerprint density at radius 1 is 0.769 bits per heavy atom. The number of rotatable bonds is 3. The summed E-state index contributed by atoms with van der Waals surface area (Å²) in [6, 6.07) is 21.7. The summed E-state index contributed by atoms with van der Waals surface area (Å²) < 4.78 is 0. The Kier molecular flexibility index (Phi) is 12.9. The van der Waals surface area contributed by atoms with E-state index in [4.69, 9.17) is 0 Å². The van der Waals surface area contributed by atoms with Gasteiger partial charge in [-0.1, -0.05) is 99.0 Å². The first-order chi connectivity index (χ1) is 10.6. The van der Waals surface area contributed by atoms with Crippen LogP contribution in [0.15, 0.2) is 77.9 Å². The SMILES string of the molecule is CC(C)(C)C1=C(C(c2ccccc2)c2ccccc2)CC=[C-]1.[Cl-].[Cl-].[Cl-].[Ti+4]. The molecule has 2 aromatic carbocycles. The van der Waals surface area contributed by atoms with Crippen molar-refractivity contribution >= 4 is 0 Å². The fourth-order valence-electron chi connectivity index (χ4n) is 3.30. The molecule has 0 radical (unpaired) electrons. The zero-order chi connectivity index (χ0) is 15.6. The Bertz CT molecular complexity index is 662. The van der Waals surface area contributed by atoms with Gasteiger partial charge in [0, 0.05) is 0 Å². The van der Waals surface area contributed by atoms with E-state index in [1.165, 1.54) is 22.3 Å². The van der Waals surface area contributed by atoms with E-state index in [1.54, 1.807) is 0 Å². The Morgan fingerprint density at radius 2 is 1.19 bits per heavy atom. The molecule has 0 unspecified atom stereocenters. The standard InChI is InChI=1S/C22H23.3ClH.Ti/c1-22(2,3)20-16-10-15-19(20)21(17-11-6-4-7-12-17)18-13-8-5-9-14-18;;;;/h4-14,21H,15H2,1-3H3;3*1H;/q-1;;;;+4/p-3. The summed E-state index contributed by atoms with van der Waals surface area (Å²) >= 11 is 0. The minimum atomic E-state index is 0. The summed E-state index contributed by atoms with van der Waals surface area (Å²) in [5, 5.41) is 0. The fraction of sp³-hybridized carbons (Fsp3) is 0.273. The molecule has 0 spiro atoms. The fourth-order valence-corrected chi connectivity index (χ4v) is 3.30. The van der Waals surface area contributed by atoms with E-state index in [0.29, 0.717) is 5.92 Å². The zero-order valence-electron chi connectivity index (χ0n) is 15.3. The van der Waals surface area contributed by atoms with Crippen LogP contribution < -0.4 is 37.2 Å². The topological polar surface area (TPSA) is 0 Å². The first-order valence-electron chi connectivity index (χ1n) is 7.99. The van der Waals surface area contributed by atoms with Crippen LogP contribution >= 0.6 is 0 Å². The second-order valence-electron chi connectivity index (χ2n) is 6.96. The Labute approximate surface area is 191 Å². The molecule has 136 valence electrons. The molecule has 0 saturated carbocycles. The van der Waals surface area contributed by atoms with Gasteiger partial charge in [0.25, 0.3) is 0 Å². The molecule has 0 N–H and O–H groups in total. The Balaban J connectivity index is 0. The first-order valence-corrected chi connectivity index (χ1v) is 7.99. The summed E-state index contributed by atoms with van der Waals surface area (Å²) in [6.45, 7) is 6.84. The molecular formula is C22H23Cl3Ti. The van der Waals surface area contributed by atoms with Gasteiger partial charge in [0.2, 0.25) is 0 Å². The summed E-state index contributed by atoms with van der Waals surface area (Å²) in [7, 11) is 0. The van der Waals surface area contributed by atoms with Crippen molar-refractivity contribution in [2.45, 2.75) is 33.1 Å². The van der Waals surface area contributed by atoms with Crippen molar-refractivity contribution in [1.82, 2.24) is 0 Å². The van der Waals surface area contributed by atoms with Gasteiger partial charge in [0.1, 0.15) is 0 Å². The second-order valence-corrected chi connectivity index (χ2v) is 6.96. The van der Waals surface area contributed by atoms with Crippen LogP contribution in [0.4, 0.5) is 0 Å². The molecule has 0 bridgehead atoms. The predicted octanol–water partition coefficient (Wildman–Crippen LogP) is -3.07. The molecule has 0 amide bonds. The van der Waals surface area contributed by atoms with Gasteiger partial charge in [-0.25, -0.2) is 5.57 Å². The quantitative estimate of drug-likeness (QED) is 0.351. The van der Waals surface area contributed by atoms with Crippen molar-refractivity contribution in [3.63, 3.8) is 0 Å². The molecule has 0 aliphatic heterocycles. The minimum absolute atomic E-state index is 0. The molecule has 2 aromatic rings. The number of benzene rings is 2. The van der Waals surface area contributed by atoms with Gasteiger partial charge >= 0.3 is 21.7 Å². The molecule has 3 rings (SSSR count). The molecule has 26 heavy (non-hydrogen) atoms. The van der Waals surface area contributed by atoms with Crippen molar-refractivity contribution in [1.29, 1.82) is 0 Å². The minimum Gasteiger partial charge on any atom is -1.00 e. The number of hydrogen-bond acceptors (Lipinski definition) is 0. The third kappa shape index (κ3) is 6.29. The zero-order valence-corrected chi connectivity index (χ0v) is 19.1.